The van der Waals surface area contributed by atoms with E-state index in [0.29, 0.717) is 0 Å². The van der Waals surface area contributed by atoms with Crippen LogP contribution in [0.3, 0.4) is 0 Å². The van der Waals surface area contributed by atoms with Crippen LogP contribution in [0.2, 0.25) is 0 Å². The van der Waals surface area contributed by atoms with E-state index >= 15 is 0 Å². The predicted octanol–water partition coefficient (Wildman–Crippen LogP) is 2.70. The Hall–Kier alpha value is -1.75. The van der Waals surface area contributed by atoms with Gasteiger partial charge in [-0.15, -0.1) is 0 Å². The first-order valence-corrected chi connectivity index (χ1v) is 6.18. The summed E-state index contributed by atoms with van der Waals surface area (Å²) in [4.78, 5) is 0. The molecule has 1 N–H and O–H groups in total. The normalized spacial score (nSPS) is 10.4. The first-order chi connectivity index (χ1) is 8.50. The van der Waals surface area contributed by atoms with Crippen molar-refractivity contribution in [3.05, 3.63) is 42.1 Å². The third kappa shape index (κ3) is 3.63. The number of aromatic amines is 1. The second kappa shape index (κ2) is 6.26. The summed E-state index contributed by atoms with van der Waals surface area (Å²) in [6.45, 7) is 6.60. The van der Waals surface area contributed by atoms with Crippen molar-refractivity contribution in [1.29, 1.82) is 0 Å². The molecule has 0 atom stereocenters. The monoisotopic (exact) mass is 264 g/mol. The fraction of sp³-hybridized carbons (Fsp3) is 0.308. The molecule has 1 heterocycles. The maximum atomic E-state index is 8.29. The molecule has 0 aliphatic carbocycles. The molecule has 0 spiro atoms. The van der Waals surface area contributed by atoms with Crippen LogP contribution < -0.4 is 0 Å². The fourth-order valence-corrected chi connectivity index (χ4v) is 1.68. The van der Waals surface area contributed by atoms with E-state index in [-0.39, 0.29) is 5.41 Å². The third-order valence-electron chi connectivity index (χ3n) is 2.51. The average molecular weight is 264 g/mol. The van der Waals surface area contributed by atoms with Gasteiger partial charge in [0.05, 0.1) is 11.9 Å². The number of nitrogens with one attached hydrogen (secondary N) is 1. The Morgan fingerprint density at radius 2 is 1.67 bits per heavy atom. The molecule has 0 saturated carbocycles. The summed E-state index contributed by atoms with van der Waals surface area (Å²) in [5.74, 6) is 0. The lowest BCUT2D eigenvalue weighted by molar-refractivity contribution is 0.592. The van der Waals surface area contributed by atoms with Gasteiger partial charge < -0.3 is 0 Å². The van der Waals surface area contributed by atoms with Crippen LogP contribution in [0.1, 0.15) is 26.3 Å². The van der Waals surface area contributed by atoms with Crippen molar-refractivity contribution in [1.82, 2.24) is 10.2 Å². The lowest BCUT2D eigenvalue weighted by atomic mass is 9.86. The number of hydrogen-bond donors (Lipinski definition) is 1. The lowest BCUT2D eigenvalue weighted by Gasteiger charge is -2.18. The van der Waals surface area contributed by atoms with Crippen molar-refractivity contribution < 1.29 is 8.42 Å². The molecule has 0 aliphatic rings. The molecule has 2 rings (SSSR count). The molecule has 96 valence electrons. The standard InChI is InChI=1S/C13H16N2.O2S/c1-13(2,3)11-9-14-15-12(11)10-7-5-4-6-8-10;1-3-2/h4-9H,1-3H3,(H,14,15);. The molecule has 0 bridgehead atoms. The first kappa shape index (κ1) is 14.3. The minimum atomic E-state index is -0.750. The van der Waals surface area contributed by atoms with Crippen LogP contribution in [0, 0.1) is 0 Å². The van der Waals surface area contributed by atoms with E-state index in [2.05, 4.69) is 43.1 Å². The van der Waals surface area contributed by atoms with Gasteiger partial charge in [-0.25, -0.2) is 0 Å². The van der Waals surface area contributed by atoms with Gasteiger partial charge in [-0.3, -0.25) is 5.10 Å². The summed E-state index contributed by atoms with van der Waals surface area (Å²) in [6, 6.07) is 10.3. The quantitative estimate of drug-likeness (QED) is 0.861. The zero-order valence-electron chi connectivity index (χ0n) is 10.6. The van der Waals surface area contributed by atoms with E-state index in [9.17, 15) is 0 Å². The minimum absolute atomic E-state index is 0.123. The largest absolute Gasteiger partial charge is 0.335 e. The smallest absolute Gasteiger partial charge is 0.278 e. The summed E-state index contributed by atoms with van der Waals surface area (Å²) in [6.07, 6.45) is 1.92. The van der Waals surface area contributed by atoms with Crippen molar-refractivity contribution in [2.45, 2.75) is 26.2 Å². The molecule has 1 aromatic heterocycles. The Morgan fingerprint density at radius 3 is 2.17 bits per heavy atom. The van der Waals surface area contributed by atoms with E-state index in [0.717, 1.165) is 5.69 Å². The van der Waals surface area contributed by atoms with Crippen molar-refractivity contribution in [2.24, 2.45) is 0 Å². The molecule has 0 radical (unpaired) electrons. The number of rotatable bonds is 1. The molecular formula is C13H16N2O2S. The lowest BCUT2D eigenvalue weighted by Crippen LogP contribution is -2.11. The van der Waals surface area contributed by atoms with Crippen molar-refractivity contribution in [3.63, 3.8) is 0 Å². The second-order valence-corrected chi connectivity index (χ2v) is 4.98. The van der Waals surface area contributed by atoms with Crippen LogP contribution >= 0.6 is 0 Å². The Balaban J connectivity index is 0.000000492. The molecule has 0 aliphatic heterocycles. The van der Waals surface area contributed by atoms with Gasteiger partial charge in [0.1, 0.15) is 0 Å². The van der Waals surface area contributed by atoms with Crippen molar-refractivity contribution >= 4 is 11.6 Å². The molecule has 18 heavy (non-hydrogen) atoms. The van der Waals surface area contributed by atoms with E-state index in [4.69, 9.17) is 8.42 Å². The maximum absolute atomic E-state index is 8.29. The molecule has 0 saturated heterocycles. The van der Waals surface area contributed by atoms with E-state index in [1.54, 1.807) is 0 Å². The summed E-state index contributed by atoms with van der Waals surface area (Å²) >= 11 is -0.750. The molecule has 0 amide bonds. The zero-order valence-corrected chi connectivity index (χ0v) is 11.5. The summed E-state index contributed by atoms with van der Waals surface area (Å²) in [5, 5.41) is 7.22. The van der Waals surface area contributed by atoms with Crippen molar-refractivity contribution in [3.8, 4) is 11.3 Å². The van der Waals surface area contributed by atoms with Crippen LogP contribution in [0.5, 0.6) is 0 Å². The Labute approximate surface area is 110 Å². The number of nitrogens with zero attached hydrogens (tertiary/aromatic N) is 1. The zero-order chi connectivity index (χ0) is 13.6. The van der Waals surface area contributed by atoms with Gasteiger partial charge in [0.25, 0.3) is 0 Å². The van der Waals surface area contributed by atoms with Crippen LogP contribution in [-0.2, 0) is 17.0 Å². The molecule has 1 aromatic carbocycles. The highest BCUT2D eigenvalue weighted by atomic mass is 32.1. The highest BCUT2D eigenvalue weighted by Gasteiger charge is 2.20. The topological polar surface area (TPSA) is 62.8 Å². The van der Waals surface area contributed by atoms with Gasteiger partial charge in [-0.05, 0) is 11.0 Å². The Morgan fingerprint density at radius 1 is 1.11 bits per heavy atom. The average Bonchev–Trinajstić information content (AvgIpc) is 2.80. The SMILES string of the molecule is CC(C)(C)c1cn[nH]c1-c1ccccc1.O=S=O. The van der Waals surface area contributed by atoms with Gasteiger partial charge >= 0.3 is 11.6 Å². The summed E-state index contributed by atoms with van der Waals surface area (Å²) in [7, 11) is 0. The maximum Gasteiger partial charge on any atom is 0.335 e. The van der Waals surface area contributed by atoms with Crippen molar-refractivity contribution in [2.75, 3.05) is 0 Å². The molecule has 5 heteroatoms. The van der Waals surface area contributed by atoms with Gasteiger partial charge in [-0.2, -0.15) is 13.5 Å². The molecule has 4 nitrogen and oxygen atoms in total. The van der Waals surface area contributed by atoms with Gasteiger partial charge in [0.15, 0.2) is 0 Å². The fourth-order valence-electron chi connectivity index (χ4n) is 1.68. The predicted molar refractivity (Wildman–Crippen MR) is 71.6 cm³/mol. The van der Waals surface area contributed by atoms with Crippen LogP contribution in [-0.4, -0.2) is 18.6 Å². The number of H-pyrrole nitrogens is 1. The minimum Gasteiger partial charge on any atom is -0.278 e. The van der Waals surface area contributed by atoms with E-state index in [1.807, 2.05) is 24.4 Å². The number of benzene rings is 1. The number of hydrogen-bond acceptors (Lipinski definition) is 3. The van der Waals surface area contributed by atoms with Crippen LogP contribution in [0.4, 0.5) is 0 Å². The van der Waals surface area contributed by atoms with E-state index in [1.165, 1.54) is 11.1 Å². The highest BCUT2D eigenvalue weighted by molar-refractivity contribution is 7.51. The van der Waals surface area contributed by atoms with Gasteiger partial charge in [0, 0.05) is 5.56 Å². The molecular weight excluding hydrogens is 248 g/mol. The van der Waals surface area contributed by atoms with Gasteiger partial charge in [-0.1, -0.05) is 51.1 Å². The van der Waals surface area contributed by atoms with Crippen LogP contribution in [0.15, 0.2) is 36.5 Å². The Kier molecular flexibility index (Phi) is 4.97. The summed E-state index contributed by atoms with van der Waals surface area (Å²) < 4.78 is 16.6. The van der Waals surface area contributed by atoms with Crippen LogP contribution in [0.25, 0.3) is 11.3 Å². The Bertz CT molecular complexity index is 523. The number of aromatic nitrogens is 2. The highest BCUT2D eigenvalue weighted by Crippen LogP contribution is 2.30. The second-order valence-electron chi connectivity index (χ2n) is 4.84. The molecule has 0 fully saturated rings. The van der Waals surface area contributed by atoms with Gasteiger partial charge in [0.2, 0.25) is 0 Å². The third-order valence-corrected chi connectivity index (χ3v) is 2.51. The summed E-state index contributed by atoms with van der Waals surface area (Å²) in [5.41, 5.74) is 3.70. The molecule has 0 unspecified atom stereocenters. The molecule has 2 aromatic rings. The first-order valence-electron chi connectivity index (χ1n) is 5.51. The van der Waals surface area contributed by atoms with E-state index < -0.39 is 11.6 Å².